The van der Waals surface area contributed by atoms with Crippen LogP contribution in [0.15, 0.2) is 47.1 Å². The largest absolute Gasteiger partial charge is 0.495 e. The summed E-state index contributed by atoms with van der Waals surface area (Å²) in [6.07, 6.45) is 2.32. The zero-order chi connectivity index (χ0) is 21.5. The molecule has 0 spiro atoms. The molecule has 0 radical (unpaired) electrons. The number of aromatic nitrogens is 4. The summed E-state index contributed by atoms with van der Waals surface area (Å²) in [5.41, 5.74) is 4.86. The minimum Gasteiger partial charge on any atom is -0.495 e. The molecule has 0 unspecified atom stereocenters. The number of ether oxygens (including phenoxy) is 1. The molecule has 8 heteroatoms. The molecule has 1 amide bonds. The van der Waals surface area contributed by atoms with Gasteiger partial charge in [0.15, 0.2) is 0 Å². The van der Waals surface area contributed by atoms with Crippen molar-refractivity contribution in [1.29, 1.82) is 0 Å². The number of hydrogen-bond donors (Lipinski definition) is 1. The lowest BCUT2D eigenvalue weighted by Crippen LogP contribution is -2.15. The van der Waals surface area contributed by atoms with E-state index in [0.29, 0.717) is 35.6 Å². The molecule has 0 atom stereocenters. The van der Waals surface area contributed by atoms with Gasteiger partial charge in [-0.15, -0.1) is 0 Å². The Hall–Kier alpha value is -3.94. The molecule has 0 saturated heterocycles. The third-order valence-corrected chi connectivity index (χ3v) is 5.56. The lowest BCUT2D eigenvalue weighted by atomic mass is 10.1. The SMILES string of the molecule is COc1cc2c(cc1NC(=O)CCc1c(C)nc3ncnn3c1C)oc1ccccc12. The Bertz CT molecular complexity index is 1450. The van der Waals surface area contributed by atoms with Gasteiger partial charge in [-0.3, -0.25) is 4.79 Å². The molecule has 0 aliphatic heterocycles. The molecule has 0 saturated carbocycles. The van der Waals surface area contributed by atoms with Crippen molar-refractivity contribution >= 4 is 39.3 Å². The van der Waals surface area contributed by atoms with Crippen LogP contribution in [0.4, 0.5) is 5.69 Å². The number of rotatable bonds is 5. The molecule has 2 aromatic carbocycles. The van der Waals surface area contributed by atoms with E-state index in [2.05, 4.69) is 20.4 Å². The average molecular weight is 415 g/mol. The summed E-state index contributed by atoms with van der Waals surface area (Å²) in [6, 6.07) is 11.5. The number of methoxy groups -OCH3 is 1. The van der Waals surface area contributed by atoms with E-state index >= 15 is 0 Å². The van der Waals surface area contributed by atoms with Crippen molar-refractivity contribution in [2.75, 3.05) is 12.4 Å². The smallest absolute Gasteiger partial charge is 0.252 e. The van der Waals surface area contributed by atoms with Crippen LogP contribution in [0.3, 0.4) is 0 Å². The summed E-state index contributed by atoms with van der Waals surface area (Å²) in [5, 5.41) is 9.12. The molecular formula is C23H21N5O3. The van der Waals surface area contributed by atoms with E-state index in [1.165, 1.54) is 6.33 Å². The van der Waals surface area contributed by atoms with Crippen LogP contribution in [0.5, 0.6) is 5.75 Å². The van der Waals surface area contributed by atoms with Gasteiger partial charge in [0.25, 0.3) is 5.78 Å². The number of carbonyl (C=O) groups is 1. The number of benzene rings is 2. The van der Waals surface area contributed by atoms with E-state index in [1.807, 2.05) is 50.2 Å². The number of nitrogens with one attached hydrogen (secondary N) is 1. The van der Waals surface area contributed by atoms with Crippen LogP contribution < -0.4 is 10.1 Å². The van der Waals surface area contributed by atoms with E-state index in [1.54, 1.807) is 11.6 Å². The van der Waals surface area contributed by atoms with E-state index in [9.17, 15) is 4.79 Å². The van der Waals surface area contributed by atoms with Crippen LogP contribution in [0.1, 0.15) is 23.4 Å². The molecule has 0 aliphatic carbocycles. The molecule has 0 bridgehead atoms. The van der Waals surface area contributed by atoms with Gasteiger partial charge in [-0.05, 0) is 38.0 Å². The molecule has 3 heterocycles. The van der Waals surface area contributed by atoms with Gasteiger partial charge >= 0.3 is 0 Å². The van der Waals surface area contributed by atoms with Crippen molar-refractivity contribution in [2.45, 2.75) is 26.7 Å². The van der Waals surface area contributed by atoms with Gasteiger partial charge in [0.05, 0.1) is 12.8 Å². The quantitative estimate of drug-likeness (QED) is 0.462. The van der Waals surface area contributed by atoms with Gasteiger partial charge in [-0.25, -0.2) is 9.50 Å². The van der Waals surface area contributed by atoms with Gasteiger partial charge in [0.2, 0.25) is 5.91 Å². The Kier molecular flexibility index (Phi) is 4.54. The first-order chi connectivity index (χ1) is 15.0. The maximum absolute atomic E-state index is 12.7. The van der Waals surface area contributed by atoms with Gasteiger partial charge in [0.1, 0.15) is 23.2 Å². The highest BCUT2D eigenvalue weighted by molar-refractivity contribution is 6.07. The standard InChI is InChI=1S/C23H21N5O3/c1-13-15(14(2)28-23(26-13)24-12-25-28)8-9-22(29)27-18-11-20-17(10-21(18)30-3)16-6-4-5-7-19(16)31-20/h4-7,10-12H,8-9H2,1-3H3,(H,27,29). The average Bonchev–Trinajstić information content (AvgIpc) is 3.37. The predicted molar refractivity (Wildman–Crippen MR) is 117 cm³/mol. The van der Waals surface area contributed by atoms with E-state index in [0.717, 1.165) is 33.3 Å². The van der Waals surface area contributed by atoms with E-state index < -0.39 is 0 Å². The molecule has 31 heavy (non-hydrogen) atoms. The molecule has 5 rings (SSSR count). The second-order valence-electron chi connectivity index (χ2n) is 7.43. The zero-order valence-corrected chi connectivity index (χ0v) is 17.5. The molecule has 3 aromatic heterocycles. The van der Waals surface area contributed by atoms with E-state index in [-0.39, 0.29) is 5.91 Å². The number of nitrogens with zero attached hydrogens (tertiary/aromatic N) is 4. The van der Waals surface area contributed by atoms with E-state index in [4.69, 9.17) is 9.15 Å². The Balaban J connectivity index is 1.39. The highest BCUT2D eigenvalue weighted by Gasteiger charge is 2.16. The first kappa shape index (κ1) is 19.0. The fraction of sp³-hybridized carbons (Fsp3) is 0.217. The van der Waals surface area contributed by atoms with Gasteiger partial charge < -0.3 is 14.5 Å². The van der Waals surface area contributed by atoms with Crippen molar-refractivity contribution in [2.24, 2.45) is 0 Å². The summed E-state index contributed by atoms with van der Waals surface area (Å²) < 4.78 is 13.2. The maximum atomic E-state index is 12.7. The number of carbonyl (C=O) groups excluding carboxylic acids is 1. The van der Waals surface area contributed by atoms with Gasteiger partial charge in [-0.1, -0.05) is 18.2 Å². The van der Waals surface area contributed by atoms with Crippen LogP contribution in [0.25, 0.3) is 27.7 Å². The summed E-state index contributed by atoms with van der Waals surface area (Å²) in [7, 11) is 1.59. The van der Waals surface area contributed by atoms with Crippen LogP contribution in [-0.2, 0) is 11.2 Å². The summed E-state index contributed by atoms with van der Waals surface area (Å²) >= 11 is 0. The van der Waals surface area contributed by atoms with Crippen LogP contribution in [0.2, 0.25) is 0 Å². The number of hydrogen-bond acceptors (Lipinski definition) is 6. The normalized spacial score (nSPS) is 11.5. The van der Waals surface area contributed by atoms with Gasteiger partial charge in [-0.2, -0.15) is 10.1 Å². The van der Waals surface area contributed by atoms with Crippen LogP contribution in [0, 0.1) is 13.8 Å². The molecule has 0 fully saturated rings. The number of furan rings is 1. The Labute approximate surface area is 177 Å². The van der Waals surface area contributed by atoms with Crippen molar-refractivity contribution in [1.82, 2.24) is 19.6 Å². The fourth-order valence-electron chi connectivity index (χ4n) is 3.99. The Morgan fingerprint density at radius 3 is 2.84 bits per heavy atom. The number of para-hydroxylation sites is 1. The minimum atomic E-state index is -0.119. The first-order valence-electron chi connectivity index (χ1n) is 10.00. The summed E-state index contributed by atoms with van der Waals surface area (Å²) in [5.74, 6) is 1.03. The Morgan fingerprint density at radius 2 is 2.00 bits per heavy atom. The number of fused-ring (bicyclic) bond motifs is 4. The highest BCUT2D eigenvalue weighted by atomic mass is 16.5. The summed E-state index contributed by atoms with van der Waals surface area (Å²) in [6.45, 7) is 3.88. The van der Waals surface area contributed by atoms with Crippen LogP contribution in [-0.4, -0.2) is 32.6 Å². The summed E-state index contributed by atoms with van der Waals surface area (Å²) in [4.78, 5) is 21.3. The van der Waals surface area contributed by atoms with Crippen molar-refractivity contribution < 1.29 is 13.9 Å². The number of anilines is 1. The topological polar surface area (TPSA) is 94.5 Å². The predicted octanol–water partition coefficient (Wildman–Crippen LogP) is 4.22. The maximum Gasteiger partial charge on any atom is 0.252 e. The molecule has 156 valence electrons. The third kappa shape index (κ3) is 3.26. The van der Waals surface area contributed by atoms with Crippen molar-refractivity contribution in [3.63, 3.8) is 0 Å². The van der Waals surface area contributed by atoms with Crippen molar-refractivity contribution in [3.8, 4) is 5.75 Å². The highest BCUT2D eigenvalue weighted by Crippen LogP contribution is 2.36. The first-order valence-corrected chi connectivity index (χ1v) is 10.00. The second-order valence-corrected chi connectivity index (χ2v) is 7.43. The zero-order valence-electron chi connectivity index (χ0n) is 17.5. The Morgan fingerprint density at radius 1 is 1.16 bits per heavy atom. The lowest BCUT2D eigenvalue weighted by molar-refractivity contribution is -0.116. The molecule has 5 aromatic rings. The monoisotopic (exact) mass is 415 g/mol. The fourth-order valence-corrected chi connectivity index (χ4v) is 3.99. The number of amides is 1. The molecule has 1 N–H and O–H groups in total. The second kappa shape index (κ2) is 7.39. The van der Waals surface area contributed by atoms with Crippen LogP contribution >= 0.6 is 0 Å². The lowest BCUT2D eigenvalue weighted by Gasteiger charge is -2.12. The number of aryl methyl sites for hydroxylation is 2. The molecular weight excluding hydrogens is 394 g/mol. The minimum absolute atomic E-state index is 0.119. The van der Waals surface area contributed by atoms with Crippen molar-refractivity contribution in [3.05, 3.63) is 59.7 Å². The third-order valence-electron chi connectivity index (χ3n) is 5.56. The molecule has 8 nitrogen and oxygen atoms in total. The van der Waals surface area contributed by atoms with Gasteiger partial charge in [0, 0.05) is 34.6 Å². The molecule has 0 aliphatic rings.